The van der Waals surface area contributed by atoms with Gasteiger partial charge in [-0.3, -0.25) is 14.4 Å². The molecule has 0 radical (unpaired) electrons. The van der Waals surface area contributed by atoms with Crippen LogP contribution in [0.3, 0.4) is 0 Å². The van der Waals surface area contributed by atoms with Crippen molar-refractivity contribution in [1.29, 1.82) is 0 Å². The van der Waals surface area contributed by atoms with Crippen molar-refractivity contribution in [3.05, 3.63) is 65.7 Å². The van der Waals surface area contributed by atoms with E-state index in [-0.39, 0.29) is 24.5 Å². The molecule has 194 valence electrons. The third-order valence-corrected chi connectivity index (χ3v) is 5.86. The number of aliphatic carboxylic acids is 1. The van der Waals surface area contributed by atoms with Gasteiger partial charge in [-0.05, 0) is 35.6 Å². The van der Waals surface area contributed by atoms with E-state index in [0.29, 0.717) is 6.42 Å². The summed E-state index contributed by atoms with van der Waals surface area (Å²) in [5, 5.41) is 26.4. The first-order valence-electron chi connectivity index (χ1n) is 11.8. The van der Waals surface area contributed by atoms with Gasteiger partial charge in [-0.2, -0.15) is 0 Å². The van der Waals surface area contributed by atoms with Crippen LogP contribution in [0.15, 0.2) is 54.6 Å². The zero-order chi connectivity index (χ0) is 26.7. The number of phenols is 1. The highest BCUT2D eigenvalue weighted by Crippen LogP contribution is 2.12. The van der Waals surface area contributed by atoms with Crippen LogP contribution in [0.2, 0.25) is 0 Å². The molecule has 7 N–H and O–H groups in total. The molecule has 2 aromatic carbocycles. The molecule has 36 heavy (non-hydrogen) atoms. The SMILES string of the molecule is CCC(C)C(NC(=O)C(N)Cc1ccc(O)cc1)C(=O)NCC(=O)NC(Cc1ccccc1)C(=O)O. The van der Waals surface area contributed by atoms with Gasteiger partial charge in [0.05, 0.1) is 12.6 Å². The highest BCUT2D eigenvalue weighted by Gasteiger charge is 2.28. The van der Waals surface area contributed by atoms with Crippen molar-refractivity contribution < 1.29 is 29.4 Å². The number of rotatable bonds is 13. The number of carboxylic acid groups (broad SMARTS) is 1. The number of nitrogens with one attached hydrogen (secondary N) is 3. The van der Waals surface area contributed by atoms with Crippen LogP contribution in [-0.4, -0.2) is 58.6 Å². The van der Waals surface area contributed by atoms with E-state index < -0.39 is 48.4 Å². The highest BCUT2D eigenvalue weighted by molar-refractivity contribution is 5.92. The Morgan fingerprint density at radius 1 is 0.889 bits per heavy atom. The molecule has 10 heteroatoms. The van der Waals surface area contributed by atoms with E-state index in [2.05, 4.69) is 16.0 Å². The summed E-state index contributed by atoms with van der Waals surface area (Å²) in [5.74, 6) is -3.09. The molecule has 2 rings (SSSR count). The van der Waals surface area contributed by atoms with Crippen LogP contribution in [0.4, 0.5) is 0 Å². The van der Waals surface area contributed by atoms with Gasteiger partial charge in [-0.15, -0.1) is 0 Å². The second kappa shape index (κ2) is 13.8. The van der Waals surface area contributed by atoms with Gasteiger partial charge in [0.1, 0.15) is 17.8 Å². The fraction of sp³-hybridized carbons (Fsp3) is 0.385. The molecular weight excluding hydrogens is 464 g/mol. The van der Waals surface area contributed by atoms with Crippen LogP contribution in [-0.2, 0) is 32.0 Å². The number of carbonyl (C=O) groups excluding carboxylic acids is 3. The van der Waals surface area contributed by atoms with E-state index in [4.69, 9.17) is 5.73 Å². The number of hydrogen-bond acceptors (Lipinski definition) is 6. The molecule has 3 amide bonds. The number of aromatic hydroxyl groups is 1. The summed E-state index contributed by atoms with van der Waals surface area (Å²) >= 11 is 0. The number of phenolic OH excluding ortho intramolecular Hbond substituents is 1. The second-order valence-corrected chi connectivity index (χ2v) is 8.71. The van der Waals surface area contributed by atoms with Crippen molar-refractivity contribution in [3.8, 4) is 5.75 Å². The monoisotopic (exact) mass is 498 g/mol. The summed E-state index contributed by atoms with van der Waals surface area (Å²) in [4.78, 5) is 49.4. The third kappa shape index (κ3) is 9.03. The lowest BCUT2D eigenvalue weighted by molar-refractivity contribution is -0.141. The molecule has 0 aromatic heterocycles. The molecule has 2 aromatic rings. The van der Waals surface area contributed by atoms with E-state index in [1.165, 1.54) is 12.1 Å². The first kappa shape index (κ1) is 28.3. The lowest BCUT2D eigenvalue weighted by atomic mass is 9.97. The fourth-order valence-corrected chi connectivity index (χ4v) is 3.51. The van der Waals surface area contributed by atoms with Crippen molar-refractivity contribution in [2.75, 3.05) is 6.54 Å². The number of nitrogens with two attached hydrogens (primary N) is 1. The molecular formula is C26H34N4O6. The van der Waals surface area contributed by atoms with Gasteiger partial charge in [0.15, 0.2) is 0 Å². The summed E-state index contributed by atoms with van der Waals surface area (Å²) < 4.78 is 0. The van der Waals surface area contributed by atoms with Gasteiger partial charge in [0.2, 0.25) is 17.7 Å². The molecule has 0 aliphatic rings. The molecule has 0 aliphatic heterocycles. The summed E-state index contributed by atoms with van der Waals surface area (Å²) in [6, 6.07) is 12.2. The van der Waals surface area contributed by atoms with E-state index in [0.717, 1.165) is 11.1 Å². The number of hydrogen-bond donors (Lipinski definition) is 6. The molecule has 4 atom stereocenters. The summed E-state index contributed by atoms with van der Waals surface area (Å²) in [6.45, 7) is 3.21. The Bertz CT molecular complexity index is 1030. The Morgan fingerprint density at radius 2 is 1.50 bits per heavy atom. The van der Waals surface area contributed by atoms with Crippen molar-refractivity contribution in [2.24, 2.45) is 11.7 Å². The van der Waals surface area contributed by atoms with Crippen LogP contribution in [0.1, 0.15) is 31.4 Å². The summed E-state index contributed by atoms with van der Waals surface area (Å²) in [6.07, 6.45) is 0.887. The van der Waals surface area contributed by atoms with Crippen LogP contribution in [0.25, 0.3) is 0 Å². The first-order valence-corrected chi connectivity index (χ1v) is 11.8. The van der Waals surface area contributed by atoms with Gasteiger partial charge in [-0.25, -0.2) is 4.79 Å². The van der Waals surface area contributed by atoms with Gasteiger partial charge in [0.25, 0.3) is 0 Å². The highest BCUT2D eigenvalue weighted by atomic mass is 16.4. The Morgan fingerprint density at radius 3 is 2.08 bits per heavy atom. The molecule has 0 saturated heterocycles. The van der Waals surface area contributed by atoms with Crippen molar-refractivity contribution >= 4 is 23.7 Å². The van der Waals surface area contributed by atoms with Crippen molar-refractivity contribution in [3.63, 3.8) is 0 Å². The Kier molecular flexibility index (Phi) is 10.9. The Hall–Kier alpha value is -3.92. The maximum absolute atomic E-state index is 12.8. The predicted molar refractivity (Wildman–Crippen MR) is 134 cm³/mol. The number of benzene rings is 2. The summed E-state index contributed by atoms with van der Waals surface area (Å²) in [5.41, 5.74) is 7.52. The smallest absolute Gasteiger partial charge is 0.326 e. The quantitative estimate of drug-likeness (QED) is 0.236. The second-order valence-electron chi connectivity index (χ2n) is 8.71. The van der Waals surface area contributed by atoms with Crippen LogP contribution in [0.5, 0.6) is 5.75 Å². The van der Waals surface area contributed by atoms with E-state index in [9.17, 15) is 29.4 Å². The standard InChI is InChI=1S/C26H34N4O6/c1-3-16(2)23(30-24(33)20(27)13-18-9-11-19(31)12-10-18)25(34)28-15-22(32)29-21(26(35)36)14-17-7-5-4-6-8-17/h4-12,16,20-21,23,31H,3,13-15,27H2,1-2H3,(H,28,34)(H,29,32)(H,30,33)(H,35,36). The van der Waals surface area contributed by atoms with Crippen molar-refractivity contribution in [2.45, 2.75) is 51.2 Å². The molecule has 0 saturated carbocycles. The molecule has 0 spiro atoms. The largest absolute Gasteiger partial charge is 0.508 e. The first-order chi connectivity index (χ1) is 17.1. The van der Waals surface area contributed by atoms with E-state index in [1.807, 2.05) is 6.92 Å². The molecule has 0 aliphatic carbocycles. The fourth-order valence-electron chi connectivity index (χ4n) is 3.51. The van der Waals surface area contributed by atoms with Gasteiger partial charge < -0.3 is 31.9 Å². The lowest BCUT2D eigenvalue weighted by Gasteiger charge is -2.25. The maximum Gasteiger partial charge on any atom is 0.326 e. The number of carbonyl (C=O) groups is 4. The number of amides is 3. The normalized spacial score (nSPS) is 14.1. The van der Waals surface area contributed by atoms with Gasteiger partial charge >= 0.3 is 5.97 Å². The minimum atomic E-state index is -1.19. The van der Waals surface area contributed by atoms with Crippen molar-refractivity contribution in [1.82, 2.24) is 16.0 Å². The lowest BCUT2D eigenvalue weighted by Crippen LogP contribution is -2.56. The zero-order valence-electron chi connectivity index (χ0n) is 20.4. The molecule has 0 heterocycles. The Balaban J connectivity index is 1.93. The molecule has 10 nitrogen and oxygen atoms in total. The average Bonchev–Trinajstić information content (AvgIpc) is 2.86. The predicted octanol–water partition coefficient (Wildman–Crippen LogP) is 0.721. The maximum atomic E-state index is 12.8. The molecule has 0 bridgehead atoms. The van der Waals surface area contributed by atoms with Gasteiger partial charge in [0, 0.05) is 6.42 Å². The van der Waals surface area contributed by atoms with E-state index in [1.54, 1.807) is 49.4 Å². The van der Waals surface area contributed by atoms with Crippen LogP contribution >= 0.6 is 0 Å². The molecule has 0 fully saturated rings. The Labute approximate surface area is 210 Å². The summed E-state index contributed by atoms with van der Waals surface area (Å²) in [7, 11) is 0. The average molecular weight is 499 g/mol. The number of carboxylic acids is 1. The molecule has 4 unspecified atom stereocenters. The van der Waals surface area contributed by atoms with Crippen LogP contribution in [0, 0.1) is 5.92 Å². The minimum absolute atomic E-state index is 0.0976. The van der Waals surface area contributed by atoms with Crippen LogP contribution < -0.4 is 21.7 Å². The zero-order valence-corrected chi connectivity index (χ0v) is 20.4. The minimum Gasteiger partial charge on any atom is -0.508 e. The van der Waals surface area contributed by atoms with E-state index >= 15 is 0 Å². The van der Waals surface area contributed by atoms with Gasteiger partial charge in [-0.1, -0.05) is 62.7 Å². The third-order valence-electron chi connectivity index (χ3n) is 5.86. The topological polar surface area (TPSA) is 171 Å².